The number of ether oxygens (including phenoxy) is 1. The van der Waals surface area contributed by atoms with Crippen LogP contribution in [0.2, 0.25) is 0 Å². The van der Waals surface area contributed by atoms with Gasteiger partial charge in [-0.3, -0.25) is 4.79 Å². The first-order chi connectivity index (χ1) is 11.7. The summed E-state index contributed by atoms with van der Waals surface area (Å²) in [6, 6.07) is 8.42. The topological polar surface area (TPSA) is 92.9 Å². The smallest absolute Gasteiger partial charge is 0.258 e. The van der Waals surface area contributed by atoms with Crippen molar-refractivity contribution < 1.29 is 17.9 Å². The van der Waals surface area contributed by atoms with E-state index in [1.165, 1.54) is 16.3 Å². The van der Waals surface area contributed by atoms with E-state index in [2.05, 4.69) is 0 Å². The maximum Gasteiger partial charge on any atom is 0.258 e. The lowest BCUT2D eigenvalue weighted by Gasteiger charge is -2.17. The fourth-order valence-electron chi connectivity index (χ4n) is 2.00. The van der Waals surface area contributed by atoms with Crippen LogP contribution in [0.25, 0.3) is 0 Å². The highest BCUT2D eigenvalue weighted by atomic mass is 32.2. The number of anilines is 1. The van der Waals surface area contributed by atoms with Crippen molar-refractivity contribution in [1.29, 1.82) is 0 Å². The van der Waals surface area contributed by atoms with Gasteiger partial charge in [-0.25, -0.2) is 13.6 Å². The third kappa shape index (κ3) is 5.27. The molecular formula is C16H21N3O4S2. The molecule has 1 heterocycles. The number of primary sulfonamides is 1. The summed E-state index contributed by atoms with van der Waals surface area (Å²) in [6.45, 7) is 1.39. The van der Waals surface area contributed by atoms with E-state index in [9.17, 15) is 13.2 Å². The van der Waals surface area contributed by atoms with Crippen LogP contribution in [0, 0.1) is 0 Å². The second-order valence-corrected chi connectivity index (χ2v) is 8.41. The molecule has 1 amide bonds. The van der Waals surface area contributed by atoms with Gasteiger partial charge >= 0.3 is 0 Å². The van der Waals surface area contributed by atoms with Crippen LogP contribution < -0.4 is 14.8 Å². The van der Waals surface area contributed by atoms with Gasteiger partial charge < -0.3 is 14.5 Å². The lowest BCUT2D eigenvalue weighted by Crippen LogP contribution is -2.25. The molecule has 1 aromatic heterocycles. The summed E-state index contributed by atoms with van der Waals surface area (Å²) in [5.41, 5.74) is 0.955. The molecule has 25 heavy (non-hydrogen) atoms. The molecule has 2 rings (SSSR count). The largest absolute Gasteiger partial charge is 0.492 e. The van der Waals surface area contributed by atoms with Crippen molar-refractivity contribution in [1.82, 2.24) is 4.90 Å². The third-order valence-electron chi connectivity index (χ3n) is 3.44. The normalized spacial score (nSPS) is 11.6. The number of carbonyl (C=O) groups excluding carboxylic acids is 1. The van der Waals surface area contributed by atoms with Crippen LogP contribution in [0.5, 0.6) is 5.75 Å². The Morgan fingerprint density at radius 1 is 1.20 bits per heavy atom. The number of benzene rings is 1. The van der Waals surface area contributed by atoms with E-state index >= 15 is 0 Å². The molecule has 2 N–H and O–H groups in total. The van der Waals surface area contributed by atoms with Crippen molar-refractivity contribution >= 4 is 33.0 Å². The van der Waals surface area contributed by atoms with Crippen LogP contribution in [0.1, 0.15) is 10.4 Å². The van der Waals surface area contributed by atoms with Crippen LogP contribution in [0.4, 0.5) is 5.69 Å². The summed E-state index contributed by atoms with van der Waals surface area (Å²) in [5.74, 6) is 0.408. The first-order valence-electron chi connectivity index (χ1n) is 7.45. The molecule has 0 aliphatic heterocycles. The van der Waals surface area contributed by atoms with Crippen LogP contribution in [0.15, 0.2) is 39.9 Å². The van der Waals surface area contributed by atoms with E-state index < -0.39 is 10.0 Å². The van der Waals surface area contributed by atoms with Crippen molar-refractivity contribution in [3.05, 3.63) is 41.3 Å². The fourth-order valence-corrected chi connectivity index (χ4v) is 3.58. The SMILES string of the molecule is CN(C)CCOc1ccc(N(C)C(=O)c2csc(S(N)(=O)=O)c2)cc1. The molecule has 9 heteroatoms. The monoisotopic (exact) mass is 383 g/mol. The minimum absolute atomic E-state index is 0.0334. The zero-order valence-corrected chi connectivity index (χ0v) is 15.9. The Bertz CT molecular complexity index is 829. The van der Waals surface area contributed by atoms with Crippen molar-refractivity contribution in [2.24, 2.45) is 5.14 Å². The van der Waals surface area contributed by atoms with Gasteiger partial charge in [-0.05, 0) is 44.4 Å². The van der Waals surface area contributed by atoms with Gasteiger partial charge in [0.1, 0.15) is 16.6 Å². The average molecular weight is 383 g/mol. The highest BCUT2D eigenvalue weighted by molar-refractivity contribution is 7.91. The lowest BCUT2D eigenvalue weighted by molar-refractivity contribution is 0.0993. The van der Waals surface area contributed by atoms with E-state index in [0.717, 1.165) is 23.6 Å². The second-order valence-electron chi connectivity index (χ2n) is 5.71. The predicted molar refractivity (Wildman–Crippen MR) is 98.9 cm³/mol. The molecule has 0 spiro atoms. The number of sulfonamides is 1. The van der Waals surface area contributed by atoms with Crippen LogP contribution in [-0.2, 0) is 10.0 Å². The Hall–Kier alpha value is -1.94. The van der Waals surface area contributed by atoms with Gasteiger partial charge in [0, 0.05) is 24.7 Å². The number of thiophene rings is 1. The van der Waals surface area contributed by atoms with E-state index in [1.54, 1.807) is 31.3 Å². The maximum atomic E-state index is 12.5. The average Bonchev–Trinajstić information content (AvgIpc) is 3.04. The molecule has 0 unspecified atom stereocenters. The third-order valence-corrected chi connectivity index (χ3v) is 5.82. The molecule has 136 valence electrons. The van der Waals surface area contributed by atoms with Crippen LogP contribution in [0.3, 0.4) is 0 Å². The molecule has 0 atom stereocenters. The van der Waals surface area contributed by atoms with Crippen molar-refractivity contribution in [2.45, 2.75) is 4.21 Å². The summed E-state index contributed by atoms with van der Waals surface area (Å²) >= 11 is 0.927. The van der Waals surface area contributed by atoms with Gasteiger partial charge in [0.05, 0.1) is 5.56 Å². The van der Waals surface area contributed by atoms with E-state index in [4.69, 9.17) is 9.88 Å². The van der Waals surface area contributed by atoms with Gasteiger partial charge in [0.2, 0.25) is 10.0 Å². The number of nitrogens with zero attached hydrogens (tertiary/aromatic N) is 2. The fraction of sp³-hybridized carbons (Fsp3) is 0.312. The molecule has 2 aromatic rings. The Kier molecular flexibility index (Phi) is 6.17. The number of nitrogens with two attached hydrogens (primary N) is 1. The van der Waals surface area contributed by atoms with Crippen LogP contribution in [-0.4, -0.2) is 53.5 Å². The summed E-state index contributed by atoms with van der Waals surface area (Å²) in [5, 5.41) is 6.56. The quantitative estimate of drug-likeness (QED) is 0.784. The number of amides is 1. The zero-order valence-electron chi connectivity index (χ0n) is 14.3. The molecule has 7 nitrogen and oxygen atoms in total. The van der Waals surface area contributed by atoms with Gasteiger partial charge in [0.15, 0.2) is 0 Å². The van der Waals surface area contributed by atoms with Crippen molar-refractivity contribution in [3.8, 4) is 5.75 Å². The number of hydrogen-bond donors (Lipinski definition) is 1. The first-order valence-corrected chi connectivity index (χ1v) is 9.88. The summed E-state index contributed by atoms with van der Waals surface area (Å²) < 4.78 is 28.2. The van der Waals surface area contributed by atoms with Crippen LogP contribution >= 0.6 is 11.3 Å². The molecule has 1 aromatic carbocycles. The summed E-state index contributed by atoms with van der Waals surface area (Å²) in [6.07, 6.45) is 0. The van der Waals surface area contributed by atoms with Gasteiger partial charge in [0.25, 0.3) is 5.91 Å². The Morgan fingerprint density at radius 2 is 1.84 bits per heavy atom. The van der Waals surface area contributed by atoms with Crippen molar-refractivity contribution in [2.75, 3.05) is 39.2 Å². The van der Waals surface area contributed by atoms with Crippen molar-refractivity contribution in [3.63, 3.8) is 0 Å². The molecule has 0 saturated carbocycles. The van der Waals surface area contributed by atoms with Gasteiger partial charge in [-0.1, -0.05) is 0 Å². The molecule has 0 aliphatic carbocycles. The van der Waals surface area contributed by atoms with Gasteiger partial charge in [-0.15, -0.1) is 11.3 Å². The Balaban J connectivity index is 2.05. The molecule has 0 fully saturated rings. The number of hydrogen-bond acceptors (Lipinski definition) is 6. The van der Waals surface area contributed by atoms with E-state index in [0.29, 0.717) is 12.3 Å². The summed E-state index contributed by atoms with van der Waals surface area (Å²) in [4.78, 5) is 15.9. The summed E-state index contributed by atoms with van der Waals surface area (Å²) in [7, 11) is 1.77. The van der Waals surface area contributed by atoms with Gasteiger partial charge in [-0.2, -0.15) is 0 Å². The Labute approximate surface area is 151 Å². The lowest BCUT2D eigenvalue weighted by atomic mass is 10.2. The maximum absolute atomic E-state index is 12.5. The number of likely N-dealkylation sites (N-methyl/N-ethyl adjacent to an activating group) is 1. The highest BCUT2D eigenvalue weighted by Crippen LogP contribution is 2.23. The van der Waals surface area contributed by atoms with E-state index in [1.807, 2.05) is 19.0 Å². The zero-order chi connectivity index (χ0) is 18.6. The second kappa shape index (κ2) is 7.96. The molecule has 0 saturated heterocycles. The minimum Gasteiger partial charge on any atom is -0.492 e. The molecular weight excluding hydrogens is 362 g/mol. The number of rotatable bonds is 7. The van der Waals surface area contributed by atoms with E-state index in [-0.39, 0.29) is 15.7 Å². The molecule has 0 aliphatic rings. The Morgan fingerprint density at radius 3 is 2.36 bits per heavy atom. The first kappa shape index (κ1) is 19.4. The minimum atomic E-state index is -3.80. The standard InChI is InChI=1S/C16H21N3O4S2/c1-18(2)8-9-23-14-6-4-13(5-7-14)19(3)16(20)12-10-15(24-11-12)25(17,21)22/h4-7,10-11H,8-9H2,1-3H3,(H2,17,21,22). The molecule has 0 bridgehead atoms. The number of carbonyl (C=O) groups is 1. The highest BCUT2D eigenvalue weighted by Gasteiger charge is 2.19. The molecule has 0 radical (unpaired) electrons. The predicted octanol–water partition coefficient (Wildman–Crippen LogP) is 1.61.